The molecule has 2 nitrogen and oxygen atoms in total. The van der Waals surface area contributed by atoms with Crippen molar-refractivity contribution in [3.05, 3.63) is 21.3 Å². The number of thiophene rings is 1. The van der Waals surface area contributed by atoms with Gasteiger partial charge in [0, 0.05) is 0 Å². The number of carbonyl (C=O) groups is 1. The van der Waals surface area contributed by atoms with Crippen LogP contribution in [0.4, 0.5) is 0 Å². The highest BCUT2D eigenvalue weighted by Gasteiger charge is 2.25. The van der Waals surface area contributed by atoms with Gasteiger partial charge in [0.1, 0.15) is 6.10 Å². The van der Waals surface area contributed by atoms with E-state index < -0.39 is 0 Å². The van der Waals surface area contributed by atoms with Crippen LogP contribution < -0.4 is 0 Å². The average molecular weight is 245 g/mol. The van der Waals surface area contributed by atoms with Gasteiger partial charge < -0.3 is 4.74 Å². The lowest BCUT2D eigenvalue weighted by Gasteiger charge is -2.28. The first kappa shape index (κ1) is 11.1. The van der Waals surface area contributed by atoms with Gasteiger partial charge in [0.15, 0.2) is 0 Å². The van der Waals surface area contributed by atoms with E-state index in [-0.39, 0.29) is 11.9 Å². The van der Waals surface area contributed by atoms with E-state index in [0.29, 0.717) is 15.3 Å². The molecule has 1 aromatic rings. The molecular formula is C11H13ClO2S. The molecule has 1 aliphatic rings. The first-order chi connectivity index (χ1) is 7.16. The van der Waals surface area contributed by atoms with E-state index in [0.717, 1.165) is 12.8 Å². The number of halogens is 1. The summed E-state index contributed by atoms with van der Waals surface area (Å²) in [5.74, 6) is 0.0406. The quantitative estimate of drug-likeness (QED) is 0.758. The van der Waals surface area contributed by atoms with Gasteiger partial charge in [0.05, 0.1) is 15.3 Å². The fourth-order valence-electron chi connectivity index (χ4n) is 1.50. The first-order valence-electron chi connectivity index (χ1n) is 5.12. The number of carbonyl (C=O) groups excluding carboxylic acids is 1. The van der Waals surface area contributed by atoms with E-state index in [1.807, 2.05) is 6.92 Å². The molecule has 1 unspecified atom stereocenters. The minimum absolute atomic E-state index is 0.0406. The zero-order valence-corrected chi connectivity index (χ0v) is 10.1. The first-order valence-corrected chi connectivity index (χ1v) is 6.31. The van der Waals surface area contributed by atoms with Gasteiger partial charge in [0.25, 0.3) is 0 Å². The number of rotatable bonds is 4. The van der Waals surface area contributed by atoms with E-state index in [1.165, 1.54) is 17.8 Å². The molecular weight excluding hydrogens is 232 g/mol. The molecule has 15 heavy (non-hydrogen) atoms. The van der Waals surface area contributed by atoms with Crippen molar-refractivity contribution in [2.45, 2.75) is 38.4 Å². The smallest absolute Gasteiger partial charge is 0.201 e. The largest absolute Gasteiger partial charge is 0.367 e. The van der Waals surface area contributed by atoms with Gasteiger partial charge in [0.2, 0.25) is 5.78 Å². The minimum atomic E-state index is -0.343. The molecule has 1 saturated carbocycles. The molecule has 0 amide bonds. The van der Waals surface area contributed by atoms with Gasteiger partial charge in [-0.3, -0.25) is 4.79 Å². The van der Waals surface area contributed by atoms with Crippen LogP contribution in [0.1, 0.15) is 35.9 Å². The maximum Gasteiger partial charge on any atom is 0.201 e. The summed E-state index contributed by atoms with van der Waals surface area (Å²) in [4.78, 5) is 12.5. The third-order valence-corrected chi connectivity index (χ3v) is 3.88. The van der Waals surface area contributed by atoms with Gasteiger partial charge in [-0.05, 0) is 38.3 Å². The molecule has 1 aliphatic carbocycles. The van der Waals surface area contributed by atoms with E-state index in [9.17, 15) is 4.79 Å². The van der Waals surface area contributed by atoms with Crippen LogP contribution in [0.25, 0.3) is 0 Å². The Labute approximate surface area is 98.2 Å². The van der Waals surface area contributed by atoms with Gasteiger partial charge in [-0.25, -0.2) is 0 Å². The Bertz CT molecular complexity index is 357. The zero-order chi connectivity index (χ0) is 10.8. The van der Waals surface area contributed by atoms with Crippen LogP contribution in [-0.2, 0) is 4.74 Å². The molecule has 0 saturated heterocycles. The summed E-state index contributed by atoms with van der Waals surface area (Å²) in [5.41, 5.74) is 0. The van der Waals surface area contributed by atoms with E-state index in [1.54, 1.807) is 12.1 Å². The predicted octanol–water partition coefficient (Wildman–Crippen LogP) is 3.54. The second-order valence-corrected chi connectivity index (χ2v) is 5.51. The van der Waals surface area contributed by atoms with Gasteiger partial charge in [-0.15, -0.1) is 11.3 Å². The molecule has 1 aromatic heterocycles. The van der Waals surface area contributed by atoms with Gasteiger partial charge in [-0.2, -0.15) is 0 Å². The summed E-state index contributed by atoms with van der Waals surface area (Å²) in [6.07, 6.45) is 3.34. The van der Waals surface area contributed by atoms with Crippen molar-refractivity contribution >= 4 is 28.7 Å². The third-order valence-electron chi connectivity index (χ3n) is 2.63. The molecule has 0 aromatic carbocycles. The second kappa shape index (κ2) is 4.64. The summed E-state index contributed by atoms with van der Waals surface area (Å²) in [6, 6.07) is 3.51. The molecule has 0 N–H and O–H groups in total. The minimum Gasteiger partial charge on any atom is -0.367 e. The van der Waals surface area contributed by atoms with Crippen molar-refractivity contribution in [1.29, 1.82) is 0 Å². The lowest BCUT2D eigenvalue weighted by molar-refractivity contribution is -0.0311. The molecule has 82 valence electrons. The third kappa shape index (κ3) is 2.60. The highest BCUT2D eigenvalue weighted by molar-refractivity contribution is 7.18. The van der Waals surface area contributed by atoms with Crippen LogP contribution in [0.2, 0.25) is 4.34 Å². The van der Waals surface area contributed by atoms with Crippen molar-refractivity contribution < 1.29 is 9.53 Å². The second-order valence-electron chi connectivity index (χ2n) is 3.80. The SMILES string of the molecule is CC(OC1CCC1)C(=O)c1ccc(Cl)s1. The maximum atomic E-state index is 11.9. The molecule has 0 aliphatic heterocycles. The van der Waals surface area contributed by atoms with Crippen LogP contribution in [-0.4, -0.2) is 18.0 Å². The van der Waals surface area contributed by atoms with Crippen LogP contribution >= 0.6 is 22.9 Å². The van der Waals surface area contributed by atoms with Crippen molar-refractivity contribution in [2.75, 3.05) is 0 Å². The lowest BCUT2D eigenvalue weighted by atomic mass is 9.96. The number of ketones is 1. The van der Waals surface area contributed by atoms with E-state index in [2.05, 4.69) is 0 Å². The zero-order valence-electron chi connectivity index (χ0n) is 8.53. The van der Waals surface area contributed by atoms with Crippen molar-refractivity contribution in [3.8, 4) is 0 Å². The fourth-order valence-corrected chi connectivity index (χ4v) is 2.57. The Morgan fingerprint density at radius 1 is 1.60 bits per heavy atom. The highest BCUT2D eigenvalue weighted by atomic mass is 35.5. The van der Waals surface area contributed by atoms with Crippen LogP contribution in [0.5, 0.6) is 0 Å². The Hall–Kier alpha value is -0.380. The molecule has 2 rings (SSSR count). The summed E-state index contributed by atoms with van der Waals surface area (Å²) in [6.45, 7) is 1.81. The van der Waals surface area contributed by atoms with Crippen molar-refractivity contribution in [3.63, 3.8) is 0 Å². The lowest BCUT2D eigenvalue weighted by Crippen LogP contribution is -2.30. The number of ether oxygens (including phenoxy) is 1. The van der Waals surface area contributed by atoms with Crippen LogP contribution in [0.3, 0.4) is 0 Å². The molecule has 0 spiro atoms. The number of hydrogen-bond acceptors (Lipinski definition) is 3. The molecule has 4 heteroatoms. The molecule has 1 heterocycles. The Balaban J connectivity index is 1.94. The fraction of sp³-hybridized carbons (Fsp3) is 0.545. The molecule has 1 atom stereocenters. The normalized spacial score (nSPS) is 18.5. The van der Waals surface area contributed by atoms with E-state index >= 15 is 0 Å². The maximum absolute atomic E-state index is 11.9. The predicted molar refractivity (Wildman–Crippen MR) is 61.8 cm³/mol. The average Bonchev–Trinajstić information content (AvgIpc) is 2.56. The molecule has 1 fully saturated rings. The molecule has 0 bridgehead atoms. The van der Waals surface area contributed by atoms with Crippen molar-refractivity contribution in [1.82, 2.24) is 0 Å². The monoisotopic (exact) mass is 244 g/mol. The topological polar surface area (TPSA) is 26.3 Å². The van der Waals surface area contributed by atoms with Crippen LogP contribution in [0, 0.1) is 0 Å². The summed E-state index contributed by atoms with van der Waals surface area (Å²) >= 11 is 7.09. The molecule has 0 radical (unpaired) electrons. The Morgan fingerprint density at radius 3 is 2.80 bits per heavy atom. The Morgan fingerprint density at radius 2 is 2.33 bits per heavy atom. The van der Waals surface area contributed by atoms with Gasteiger partial charge >= 0.3 is 0 Å². The summed E-state index contributed by atoms with van der Waals surface area (Å²) in [7, 11) is 0. The number of hydrogen-bond donors (Lipinski definition) is 0. The standard InChI is InChI=1S/C11H13ClO2S/c1-7(14-8-3-2-4-8)11(13)9-5-6-10(12)15-9/h5-8H,2-4H2,1H3. The number of Topliss-reactive ketones (excluding diaryl/α,β-unsaturated/α-hetero) is 1. The van der Waals surface area contributed by atoms with Crippen LogP contribution in [0.15, 0.2) is 12.1 Å². The summed E-state index contributed by atoms with van der Waals surface area (Å²) in [5, 5.41) is 0. The van der Waals surface area contributed by atoms with Gasteiger partial charge in [-0.1, -0.05) is 11.6 Å². The Kier molecular flexibility index (Phi) is 3.44. The van der Waals surface area contributed by atoms with Crippen molar-refractivity contribution in [2.24, 2.45) is 0 Å². The van der Waals surface area contributed by atoms with E-state index in [4.69, 9.17) is 16.3 Å². The highest BCUT2D eigenvalue weighted by Crippen LogP contribution is 2.26. The summed E-state index contributed by atoms with van der Waals surface area (Å²) < 4.78 is 6.27.